The molecule has 1 spiro atoms. The third-order valence-electron chi connectivity index (χ3n) is 12.7. The normalized spacial score (nSPS) is 24.5. The predicted molar refractivity (Wildman–Crippen MR) is 232 cm³/mol. The van der Waals surface area contributed by atoms with E-state index in [0.29, 0.717) is 24.3 Å². The highest BCUT2D eigenvalue weighted by molar-refractivity contribution is 6.74. The maximum Gasteiger partial charge on any atom is 0.509 e. The summed E-state index contributed by atoms with van der Waals surface area (Å²) in [5.74, 6) is -0.927. The topological polar surface area (TPSA) is 200 Å². The minimum absolute atomic E-state index is 0.0730. The van der Waals surface area contributed by atoms with Crippen LogP contribution in [-0.2, 0) is 59.4 Å². The fraction of sp³-hybridized carbons (Fsp3) is 0.696. The minimum Gasteiger partial charge on any atom is -0.541 e. The first-order valence-corrected chi connectivity index (χ1v) is 24.9. The quantitative estimate of drug-likeness (QED) is 0.106. The van der Waals surface area contributed by atoms with Gasteiger partial charge >= 0.3 is 24.2 Å². The fourth-order valence-corrected chi connectivity index (χ4v) is 9.75. The van der Waals surface area contributed by atoms with Crippen LogP contribution in [0.4, 0.5) is 9.59 Å². The second-order valence-corrected chi connectivity index (χ2v) is 25.5. The Balaban J connectivity index is 1.39. The van der Waals surface area contributed by atoms with Crippen molar-refractivity contribution in [1.82, 2.24) is 10.6 Å². The van der Waals surface area contributed by atoms with E-state index >= 15 is 0 Å². The Hall–Kier alpha value is -4.80. The maximum atomic E-state index is 14.1. The van der Waals surface area contributed by atoms with Crippen LogP contribution in [0.5, 0.6) is 11.5 Å². The first-order valence-electron chi connectivity index (χ1n) is 22.0. The average Bonchev–Trinajstić information content (AvgIpc) is 3.49. The minimum atomic E-state index is -2.40. The molecule has 1 saturated carbocycles. The largest absolute Gasteiger partial charge is 0.541 e. The predicted octanol–water partition coefficient (Wildman–Crippen LogP) is 7.48. The number of hydrogen-bond donors (Lipinski definition) is 2. The maximum absolute atomic E-state index is 14.1. The lowest BCUT2D eigenvalue weighted by Gasteiger charge is -2.62. The number of esters is 2. The van der Waals surface area contributed by atoms with E-state index < -0.39 is 84.9 Å². The molecule has 4 aliphatic rings. The van der Waals surface area contributed by atoms with E-state index in [4.69, 9.17) is 37.6 Å². The van der Waals surface area contributed by atoms with Crippen LogP contribution in [0.1, 0.15) is 126 Å². The van der Waals surface area contributed by atoms with E-state index in [9.17, 15) is 28.8 Å². The second kappa shape index (κ2) is 18.0. The number of benzene rings is 1. The highest BCUT2D eigenvalue weighted by Crippen LogP contribution is 2.70. The molecule has 0 radical (unpaired) electrons. The number of amides is 2. The van der Waals surface area contributed by atoms with Gasteiger partial charge in [0.2, 0.25) is 0 Å². The Labute approximate surface area is 372 Å². The van der Waals surface area contributed by atoms with Crippen molar-refractivity contribution in [3.05, 3.63) is 35.1 Å². The molecule has 17 heteroatoms. The van der Waals surface area contributed by atoms with E-state index in [-0.39, 0.29) is 55.0 Å². The van der Waals surface area contributed by atoms with Crippen molar-refractivity contribution in [2.24, 2.45) is 11.8 Å². The third-order valence-corrected chi connectivity index (χ3v) is 17.0. The zero-order valence-corrected chi connectivity index (χ0v) is 40.5. The number of ether oxygens (including phenoxy) is 7. The van der Waals surface area contributed by atoms with Crippen LogP contribution < -0.4 is 19.8 Å². The molecule has 0 saturated heterocycles. The molecule has 1 aromatic rings. The standard InChI is InChI=1S/C46H68N2O14Si/c1-26-17-21-45-35-29-15-16-31(62-63(13,14)44(10,11)12)36(35)58-37(45)32(57-33(49)19-23-47-38(51)27(2)55-40(53)60-42(4,5)6)18-22-46(45,30(26)25-29)59-34(50)20-24-48-39(52)28(3)56-41(54)61-43(7,8)9/h15-16,18,26-28,30,37H,17,19-25H2,1-14H3,(H,47,51)(H,48,52)/t26?,27-,28-,30-,37-,45-,46+/m0/s1. The van der Waals surface area contributed by atoms with Gasteiger partial charge in [0, 0.05) is 31.0 Å². The molecule has 1 fully saturated rings. The van der Waals surface area contributed by atoms with Gasteiger partial charge < -0.3 is 48.2 Å². The molecule has 5 rings (SSSR count). The first kappa shape index (κ1) is 49.2. The van der Waals surface area contributed by atoms with Crippen LogP contribution >= 0.6 is 0 Å². The van der Waals surface area contributed by atoms with E-state index in [1.165, 1.54) is 13.8 Å². The summed E-state index contributed by atoms with van der Waals surface area (Å²) in [5.41, 5.74) is -1.71. The molecule has 1 aliphatic heterocycles. The molecular formula is C46H68N2O14Si. The molecule has 1 heterocycles. The summed E-state index contributed by atoms with van der Waals surface area (Å²) in [6, 6.07) is 4.05. The van der Waals surface area contributed by atoms with E-state index in [2.05, 4.69) is 57.5 Å². The van der Waals surface area contributed by atoms with E-state index in [1.54, 1.807) is 47.6 Å². The molecule has 7 atom stereocenters. The van der Waals surface area contributed by atoms with Crippen molar-refractivity contribution in [2.45, 2.75) is 180 Å². The summed E-state index contributed by atoms with van der Waals surface area (Å²) >= 11 is 0. The fourth-order valence-electron chi connectivity index (χ4n) is 8.73. The Morgan fingerprint density at radius 3 is 1.89 bits per heavy atom. The summed E-state index contributed by atoms with van der Waals surface area (Å²) in [7, 11) is -2.40. The lowest BCUT2D eigenvalue weighted by Crippen LogP contribution is -2.70. The van der Waals surface area contributed by atoms with Crippen molar-refractivity contribution in [2.75, 3.05) is 13.1 Å². The van der Waals surface area contributed by atoms with Gasteiger partial charge in [0.15, 0.2) is 24.1 Å². The molecule has 2 bridgehead atoms. The Kier molecular flexibility index (Phi) is 14.1. The first-order chi connectivity index (χ1) is 29.0. The Bertz CT molecular complexity index is 1990. The number of carbonyl (C=O) groups is 6. The molecule has 2 amide bonds. The van der Waals surface area contributed by atoms with Crippen LogP contribution in [0.25, 0.3) is 0 Å². The van der Waals surface area contributed by atoms with Gasteiger partial charge in [0.25, 0.3) is 20.1 Å². The monoisotopic (exact) mass is 900 g/mol. The van der Waals surface area contributed by atoms with Crippen LogP contribution in [0.3, 0.4) is 0 Å². The average molecular weight is 901 g/mol. The van der Waals surface area contributed by atoms with Crippen LogP contribution in [-0.4, -0.2) is 92.6 Å². The van der Waals surface area contributed by atoms with Crippen molar-refractivity contribution >= 4 is 44.4 Å². The van der Waals surface area contributed by atoms with E-state index in [1.807, 2.05) is 6.07 Å². The molecule has 2 N–H and O–H groups in total. The summed E-state index contributed by atoms with van der Waals surface area (Å²) in [6.45, 7) is 25.7. The molecule has 350 valence electrons. The summed E-state index contributed by atoms with van der Waals surface area (Å²) in [4.78, 5) is 77.4. The Morgan fingerprint density at radius 2 is 1.37 bits per heavy atom. The number of nitrogens with one attached hydrogen (secondary N) is 2. The third kappa shape index (κ3) is 10.6. The zero-order valence-electron chi connectivity index (χ0n) is 39.5. The lowest BCUT2D eigenvalue weighted by molar-refractivity contribution is -0.208. The van der Waals surface area contributed by atoms with Crippen molar-refractivity contribution in [3.63, 3.8) is 0 Å². The van der Waals surface area contributed by atoms with Gasteiger partial charge in [0.05, 0.1) is 18.3 Å². The lowest BCUT2D eigenvalue weighted by atomic mass is 9.44. The van der Waals surface area contributed by atoms with Crippen LogP contribution in [0.15, 0.2) is 24.0 Å². The smallest absolute Gasteiger partial charge is 0.509 e. The summed E-state index contributed by atoms with van der Waals surface area (Å²) in [5, 5.41) is 5.14. The van der Waals surface area contributed by atoms with Gasteiger partial charge in [-0.2, -0.15) is 0 Å². The van der Waals surface area contributed by atoms with Gasteiger partial charge in [-0.1, -0.05) is 33.8 Å². The molecule has 1 aromatic carbocycles. The molecule has 63 heavy (non-hydrogen) atoms. The van der Waals surface area contributed by atoms with Gasteiger partial charge in [-0.15, -0.1) is 0 Å². The van der Waals surface area contributed by atoms with Gasteiger partial charge in [-0.25, -0.2) is 9.59 Å². The number of hydrogen-bond acceptors (Lipinski definition) is 14. The molecule has 16 nitrogen and oxygen atoms in total. The number of rotatable bonds is 14. The SMILES string of the molecule is CC1CC[C@]23c4c5ccc(O[Si](C)(C)C(C)(C)C)c4O[C@H]2C(OC(=O)CCNC(=O)[C@H](C)OC(=O)OC(C)(C)C)=CC[C@@]3(OC(=O)CCNC(=O)[C@H](C)OC(=O)OC(C)(C)C)[C@H]1C5. The second-order valence-electron chi connectivity index (χ2n) is 20.8. The molecular weight excluding hydrogens is 833 g/mol. The molecule has 1 unspecified atom stereocenters. The van der Waals surface area contributed by atoms with Gasteiger partial charge in [-0.05, 0) is 116 Å². The van der Waals surface area contributed by atoms with Crippen molar-refractivity contribution in [1.29, 1.82) is 0 Å². The zero-order chi connectivity index (χ0) is 47.1. The van der Waals surface area contributed by atoms with Gasteiger partial charge in [0.1, 0.15) is 28.3 Å². The van der Waals surface area contributed by atoms with Crippen molar-refractivity contribution in [3.8, 4) is 11.5 Å². The van der Waals surface area contributed by atoms with Crippen LogP contribution in [0.2, 0.25) is 18.1 Å². The van der Waals surface area contributed by atoms with Crippen molar-refractivity contribution < 1.29 is 66.4 Å². The highest BCUT2D eigenvalue weighted by Gasteiger charge is 2.74. The summed E-state index contributed by atoms with van der Waals surface area (Å²) < 4.78 is 47.3. The molecule has 0 aromatic heterocycles. The molecule has 3 aliphatic carbocycles. The van der Waals surface area contributed by atoms with Gasteiger partial charge in [-0.3, -0.25) is 19.2 Å². The highest BCUT2D eigenvalue weighted by atomic mass is 28.4. The summed E-state index contributed by atoms with van der Waals surface area (Å²) in [6.07, 6.45) is -1.56. The Morgan fingerprint density at radius 1 is 0.825 bits per heavy atom. The number of carbonyl (C=O) groups excluding carboxylic acids is 6. The van der Waals surface area contributed by atoms with Crippen LogP contribution in [0, 0.1) is 11.8 Å². The van der Waals surface area contributed by atoms with E-state index in [0.717, 1.165) is 17.5 Å².